The zero-order chi connectivity index (χ0) is 16.6. The quantitative estimate of drug-likeness (QED) is 0.529. The van der Waals surface area contributed by atoms with E-state index in [1.54, 1.807) is 31.2 Å². The predicted molar refractivity (Wildman–Crippen MR) is 96.1 cm³/mol. The summed E-state index contributed by atoms with van der Waals surface area (Å²) in [5.74, 6) is 0.264. The zero-order valence-corrected chi connectivity index (χ0v) is 15.9. The van der Waals surface area contributed by atoms with Crippen molar-refractivity contribution in [2.75, 3.05) is 0 Å². The van der Waals surface area contributed by atoms with Gasteiger partial charge in [-0.1, -0.05) is 28.1 Å². The van der Waals surface area contributed by atoms with Gasteiger partial charge in [0.2, 0.25) is 0 Å². The monoisotopic (exact) mass is 455 g/mol. The molecule has 4 nitrogen and oxygen atoms in total. The Labute approximate surface area is 150 Å². The molecule has 0 atom stereocenters. The van der Waals surface area contributed by atoms with Crippen LogP contribution in [0.15, 0.2) is 62.4 Å². The highest BCUT2D eigenvalue weighted by atomic mass is 79.9. The van der Waals surface area contributed by atoms with Gasteiger partial charge in [-0.3, -0.25) is 4.98 Å². The highest BCUT2D eigenvalue weighted by Gasteiger charge is 2.22. The summed E-state index contributed by atoms with van der Waals surface area (Å²) in [6.07, 6.45) is 0. The van der Waals surface area contributed by atoms with Crippen molar-refractivity contribution in [3.63, 3.8) is 0 Å². The van der Waals surface area contributed by atoms with Gasteiger partial charge in [0.05, 0.1) is 5.52 Å². The van der Waals surface area contributed by atoms with E-state index in [9.17, 15) is 8.42 Å². The molecule has 3 rings (SSSR count). The van der Waals surface area contributed by atoms with E-state index in [2.05, 4.69) is 36.8 Å². The first-order valence-corrected chi connectivity index (χ1v) is 9.62. The number of fused-ring (bicyclic) bond motifs is 1. The maximum Gasteiger partial charge on any atom is 0.340 e. The molecule has 1 heterocycles. The fourth-order valence-corrected chi connectivity index (χ4v) is 4.57. The molecular weight excluding hydrogens is 446 g/mol. The molecule has 0 fully saturated rings. The molecule has 118 valence electrons. The molecule has 0 amide bonds. The van der Waals surface area contributed by atoms with Crippen molar-refractivity contribution in [1.82, 2.24) is 4.98 Å². The Balaban J connectivity index is 2.13. The number of aryl methyl sites for hydroxylation is 1. The molecule has 3 aromatic rings. The maximum atomic E-state index is 12.6. The number of hydrogen-bond acceptors (Lipinski definition) is 4. The summed E-state index contributed by atoms with van der Waals surface area (Å²) in [5.41, 5.74) is 1.37. The van der Waals surface area contributed by atoms with Gasteiger partial charge in [0.15, 0.2) is 5.75 Å². The molecule has 0 bridgehead atoms. The molecule has 0 radical (unpaired) electrons. The second kappa shape index (κ2) is 6.22. The van der Waals surface area contributed by atoms with Crippen molar-refractivity contribution in [3.8, 4) is 5.75 Å². The minimum absolute atomic E-state index is 0.0606. The minimum Gasteiger partial charge on any atom is -0.378 e. The summed E-state index contributed by atoms with van der Waals surface area (Å²) >= 11 is 6.53. The minimum atomic E-state index is -3.98. The topological polar surface area (TPSA) is 56.3 Å². The fraction of sp³-hybridized carbons (Fsp3) is 0.0625. The van der Waals surface area contributed by atoms with E-state index in [0.29, 0.717) is 25.5 Å². The van der Waals surface area contributed by atoms with Crippen LogP contribution in [0.2, 0.25) is 0 Å². The van der Waals surface area contributed by atoms with E-state index in [0.717, 1.165) is 0 Å². The molecular formula is C16H11Br2NO3S. The molecule has 0 N–H and O–H groups in total. The third-order valence-electron chi connectivity index (χ3n) is 3.17. The number of para-hydroxylation sites is 1. The first-order chi connectivity index (χ1) is 10.9. The molecule has 0 saturated carbocycles. The predicted octanol–water partition coefficient (Wildman–Crippen LogP) is 4.84. The molecule has 0 unspecified atom stereocenters. The van der Waals surface area contributed by atoms with Gasteiger partial charge in [-0.2, -0.15) is 8.42 Å². The lowest BCUT2D eigenvalue weighted by atomic mass is 10.2. The van der Waals surface area contributed by atoms with Crippen molar-refractivity contribution in [2.45, 2.75) is 11.8 Å². The van der Waals surface area contributed by atoms with Crippen LogP contribution in [0.4, 0.5) is 0 Å². The van der Waals surface area contributed by atoms with Crippen LogP contribution in [0, 0.1) is 6.92 Å². The molecule has 0 aliphatic rings. The summed E-state index contributed by atoms with van der Waals surface area (Å²) in [6.45, 7) is 1.79. The first-order valence-electron chi connectivity index (χ1n) is 6.63. The van der Waals surface area contributed by atoms with Crippen molar-refractivity contribution < 1.29 is 12.6 Å². The van der Waals surface area contributed by atoms with E-state index in [1.807, 2.05) is 18.2 Å². The van der Waals surface area contributed by atoms with Crippen LogP contribution in [0.3, 0.4) is 0 Å². The Morgan fingerprint density at radius 3 is 2.57 bits per heavy atom. The molecule has 0 spiro atoms. The van der Waals surface area contributed by atoms with Crippen molar-refractivity contribution in [3.05, 3.63) is 63.2 Å². The van der Waals surface area contributed by atoms with E-state index in [1.165, 1.54) is 6.07 Å². The number of pyridine rings is 1. The molecule has 0 aliphatic heterocycles. The average Bonchev–Trinajstić information content (AvgIpc) is 2.49. The van der Waals surface area contributed by atoms with Gasteiger partial charge in [0.25, 0.3) is 0 Å². The van der Waals surface area contributed by atoms with Crippen LogP contribution in [0.5, 0.6) is 5.75 Å². The summed E-state index contributed by atoms with van der Waals surface area (Å²) in [5, 5.41) is 0.646. The van der Waals surface area contributed by atoms with Crippen LogP contribution in [0.25, 0.3) is 10.9 Å². The highest BCUT2D eigenvalue weighted by molar-refractivity contribution is 9.11. The Kier molecular flexibility index (Phi) is 4.44. The number of benzene rings is 2. The van der Waals surface area contributed by atoms with Gasteiger partial charge < -0.3 is 4.18 Å². The van der Waals surface area contributed by atoms with E-state index in [4.69, 9.17) is 4.18 Å². The zero-order valence-electron chi connectivity index (χ0n) is 12.0. The smallest absolute Gasteiger partial charge is 0.340 e. The van der Waals surface area contributed by atoms with Crippen LogP contribution in [0.1, 0.15) is 5.69 Å². The second-order valence-corrected chi connectivity index (χ2v) is 8.18. The van der Waals surface area contributed by atoms with Gasteiger partial charge in [0.1, 0.15) is 4.90 Å². The third-order valence-corrected chi connectivity index (χ3v) is 5.89. The molecule has 2 aromatic carbocycles. The summed E-state index contributed by atoms with van der Waals surface area (Å²) < 4.78 is 31.8. The average molecular weight is 457 g/mol. The third kappa shape index (κ3) is 3.41. The van der Waals surface area contributed by atoms with Crippen molar-refractivity contribution in [1.29, 1.82) is 0 Å². The van der Waals surface area contributed by atoms with Gasteiger partial charge >= 0.3 is 10.1 Å². The van der Waals surface area contributed by atoms with Crippen molar-refractivity contribution >= 4 is 52.9 Å². The SMILES string of the molecule is Cc1cc(OS(=O)(=O)c2cc(Br)ccc2Br)c2ccccc2n1. The molecule has 7 heteroatoms. The van der Waals surface area contributed by atoms with Crippen LogP contribution in [-0.4, -0.2) is 13.4 Å². The standard InChI is InChI=1S/C16H11Br2NO3S/c1-10-8-15(12-4-2-3-5-14(12)19-10)22-23(20,21)16-9-11(17)6-7-13(16)18/h2-9H,1H3. The Morgan fingerprint density at radius 2 is 1.78 bits per heavy atom. The number of nitrogens with zero attached hydrogens (tertiary/aromatic N) is 1. The molecule has 0 saturated heterocycles. The van der Waals surface area contributed by atoms with Crippen molar-refractivity contribution in [2.24, 2.45) is 0 Å². The lowest BCUT2D eigenvalue weighted by Gasteiger charge is -2.11. The lowest BCUT2D eigenvalue weighted by molar-refractivity contribution is 0.488. The Morgan fingerprint density at radius 1 is 1.04 bits per heavy atom. The number of halogens is 2. The van der Waals surface area contributed by atoms with Crippen LogP contribution >= 0.6 is 31.9 Å². The summed E-state index contributed by atoms with van der Waals surface area (Å²) in [7, 11) is -3.98. The number of hydrogen-bond donors (Lipinski definition) is 0. The first kappa shape index (κ1) is 16.4. The lowest BCUT2D eigenvalue weighted by Crippen LogP contribution is -2.11. The van der Waals surface area contributed by atoms with Gasteiger partial charge in [-0.05, 0) is 53.2 Å². The van der Waals surface area contributed by atoms with E-state index >= 15 is 0 Å². The highest BCUT2D eigenvalue weighted by Crippen LogP contribution is 2.31. The normalized spacial score (nSPS) is 11.6. The van der Waals surface area contributed by atoms with Gasteiger partial charge in [0, 0.05) is 26.1 Å². The fourth-order valence-electron chi connectivity index (χ4n) is 2.17. The van der Waals surface area contributed by atoms with E-state index < -0.39 is 10.1 Å². The van der Waals surface area contributed by atoms with Gasteiger partial charge in [-0.25, -0.2) is 0 Å². The van der Waals surface area contributed by atoms with E-state index in [-0.39, 0.29) is 10.6 Å². The number of rotatable bonds is 3. The molecule has 23 heavy (non-hydrogen) atoms. The number of aromatic nitrogens is 1. The summed E-state index contributed by atoms with van der Waals surface area (Å²) in [4.78, 5) is 4.44. The van der Waals surface area contributed by atoms with Crippen LogP contribution in [-0.2, 0) is 10.1 Å². The van der Waals surface area contributed by atoms with Gasteiger partial charge in [-0.15, -0.1) is 0 Å². The largest absolute Gasteiger partial charge is 0.378 e. The molecule has 0 aliphatic carbocycles. The van der Waals surface area contributed by atoms with Crippen LogP contribution < -0.4 is 4.18 Å². The maximum absolute atomic E-state index is 12.6. The summed E-state index contributed by atoms with van der Waals surface area (Å²) in [6, 6.07) is 13.8. The second-order valence-electron chi connectivity index (χ2n) is 4.89. The Bertz CT molecular complexity index is 1000. The molecule has 1 aromatic heterocycles. The Hall–Kier alpha value is -1.44.